The molecule has 0 aromatic heterocycles. The smallest absolute Gasteiger partial charge is 0.406 e. The van der Waals surface area contributed by atoms with Crippen LogP contribution in [0.25, 0.3) is 0 Å². The Kier molecular flexibility index (Phi) is 6.43. The molecular formula is C18H29NO3S2Si. The molecule has 0 bridgehead atoms. The summed E-state index contributed by atoms with van der Waals surface area (Å²) in [6.07, 6.45) is 0.897. The number of benzene rings is 1. The maximum atomic E-state index is 13.0. The first-order valence-corrected chi connectivity index (χ1v) is 14.1. The molecule has 0 unspecified atom stereocenters. The van der Waals surface area contributed by atoms with Crippen molar-refractivity contribution in [3.63, 3.8) is 0 Å². The second kappa shape index (κ2) is 7.84. The number of anilines is 1. The zero-order valence-corrected chi connectivity index (χ0v) is 18.6. The zero-order valence-electron chi connectivity index (χ0n) is 16.0. The highest BCUT2D eigenvalue weighted by molar-refractivity contribution is 8.16. The van der Waals surface area contributed by atoms with Crippen LogP contribution in [0.2, 0.25) is 19.6 Å². The van der Waals surface area contributed by atoms with E-state index >= 15 is 0 Å². The number of thioether (sulfide) groups is 2. The Bertz CT molecular complexity index is 620. The molecule has 0 aliphatic carbocycles. The van der Waals surface area contributed by atoms with E-state index in [2.05, 4.69) is 19.6 Å². The van der Waals surface area contributed by atoms with Crippen LogP contribution in [0.5, 0.6) is 5.75 Å². The van der Waals surface area contributed by atoms with E-state index < -0.39 is 13.8 Å². The van der Waals surface area contributed by atoms with Crippen molar-refractivity contribution in [2.24, 2.45) is 0 Å². The van der Waals surface area contributed by atoms with Crippen LogP contribution in [0.4, 0.5) is 10.5 Å². The molecule has 1 aromatic carbocycles. The van der Waals surface area contributed by atoms with Gasteiger partial charge in [0.25, 0.3) is 0 Å². The van der Waals surface area contributed by atoms with E-state index in [0.717, 1.165) is 22.8 Å². The number of carbonyl (C=O) groups is 1. The molecule has 1 fully saturated rings. The summed E-state index contributed by atoms with van der Waals surface area (Å²) in [5.41, 5.74) is 1.35. The van der Waals surface area contributed by atoms with Crippen LogP contribution in [-0.2, 0) is 4.74 Å². The van der Waals surface area contributed by atoms with Gasteiger partial charge in [-0.15, -0.1) is 23.5 Å². The fourth-order valence-corrected chi connectivity index (χ4v) is 7.09. The van der Waals surface area contributed by atoms with Gasteiger partial charge in [-0.05, 0) is 56.9 Å². The largest absolute Gasteiger partial charge is 0.508 e. The van der Waals surface area contributed by atoms with E-state index in [0.29, 0.717) is 0 Å². The van der Waals surface area contributed by atoms with Gasteiger partial charge in [-0.1, -0.05) is 19.6 Å². The molecule has 2 rings (SSSR count). The summed E-state index contributed by atoms with van der Waals surface area (Å²) < 4.78 is 7.78. The number of hydrogen-bond donors (Lipinski definition) is 1. The molecule has 1 N–H and O–H groups in total. The van der Waals surface area contributed by atoms with Gasteiger partial charge in [-0.3, -0.25) is 0 Å². The lowest BCUT2D eigenvalue weighted by molar-refractivity contribution is 0.0605. The van der Waals surface area contributed by atoms with Crippen molar-refractivity contribution < 1.29 is 14.6 Å². The Labute approximate surface area is 160 Å². The van der Waals surface area contributed by atoms with Gasteiger partial charge in [-0.2, -0.15) is 0 Å². The van der Waals surface area contributed by atoms with Crippen molar-refractivity contribution in [2.75, 3.05) is 16.1 Å². The van der Waals surface area contributed by atoms with Crippen molar-refractivity contribution in [1.82, 2.24) is 0 Å². The minimum absolute atomic E-state index is 0.233. The molecule has 0 spiro atoms. The lowest BCUT2D eigenvalue weighted by atomic mass is 10.2. The van der Waals surface area contributed by atoms with Crippen molar-refractivity contribution in [1.29, 1.82) is 0 Å². The Morgan fingerprint density at radius 3 is 2.36 bits per heavy atom. The van der Waals surface area contributed by atoms with Crippen LogP contribution in [0.3, 0.4) is 0 Å². The highest BCUT2D eigenvalue weighted by atomic mass is 32.2. The zero-order chi connectivity index (χ0) is 18.8. The van der Waals surface area contributed by atoms with E-state index in [1.165, 1.54) is 6.42 Å². The van der Waals surface area contributed by atoms with Gasteiger partial charge in [0.15, 0.2) is 8.24 Å². The average molecular weight is 400 g/mol. The summed E-state index contributed by atoms with van der Waals surface area (Å²) in [7, 11) is -2.04. The number of hydrogen-bond acceptors (Lipinski definition) is 5. The topological polar surface area (TPSA) is 49.8 Å². The first kappa shape index (κ1) is 20.5. The number of rotatable bonds is 3. The predicted molar refractivity (Wildman–Crippen MR) is 112 cm³/mol. The van der Waals surface area contributed by atoms with Crippen molar-refractivity contribution >= 4 is 43.5 Å². The molecule has 0 radical (unpaired) electrons. The van der Waals surface area contributed by atoms with Crippen molar-refractivity contribution in [3.8, 4) is 5.75 Å². The molecule has 0 saturated carbocycles. The summed E-state index contributed by atoms with van der Waals surface area (Å²) in [5.74, 6) is 2.45. The Morgan fingerprint density at radius 1 is 1.24 bits per heavy atom. The summed E-state index contributed by atoms with van der Waals surface area (Å²) >= 11 is 3.76. The molecule has 25 heavy (non-hydrogen) atoms. The summed E-state index contributed by atoms with van der Waals surface area (Å²) in [6.45, 7) is 12.1. The third-order valence-corrected chi connectivity index (χ3v) is 8.32. The van der Waals surface area contributed by atoms with Crippen LogP contribution in [0.15, 0.2) is 18.2 Å². The molecule has 1 aliphatic heterocycles. The predicted octanol–water partition coefficient (Wildman–Crippen LogP) is 5.84. The second-order valence-electron chi connectivity index (χ2n) is 8.16. The van der Waals surface area contributed by atoms with Gasteiger partial charge in [0.2, 0.25) is 0 Å². The summed E-state index contributed by atoms with van der Waals surface area (Å²) in [4.78, 5) is 13.0. The number of phenolic OH excluding ortho intramolecular Hbond substituents is 1. The number of carbonyl (C=O) groups excluding carboxylic acids is 1. The van der Waals surface area contributed by atoms with Crippen LogP contribution >= 0.6 is 23.5 Å². The van der Waals surface area contributed by atoms with Crippen LogP contribution in [0.1, 0.15) is 37.3 Å². The fourth-order valence-electron chi connectivity index (χ4n) is 2.64. The molecule has 140 valence electrons. The molecular weight excluding hydrogens is 370 g/mol. The number of amides is 1. The van der Waals surface area contributed by atoms with E-state index in [9.17, 15) is 9.90 Å². The summed E-state index contributed by atoms with van der Waals surface area (Å²) in [6, 6.07) is 5.33. The molecule has 4 nitrogen and oxygen atoms in total. The van der Waals surface area contributed by atoms with Crippen LogP contribution < -0.4 is 4.57 Å². The molecule has 7 heteroatoms. The van der Waals surface area contributed by atoms with E-state index in [1.54, 1.807) is 6.07 Å². The first-order chi connectivity index (χ1) is 11.5. The SMILES string of the molecule is CC(C)(C)OC(=O)N(c1ccc(O)cc1C1SCCCS1)[Si](C)(C)C. The number of nitrogens with zero attached hydrogens (tertiary/aromatic N) is 1. The number of phenols is 1. The minimum Gasteiger partial charge on any atom is -0.508 e. The van der Waals surface area contributed by atoms with Crippen molar-refractivity contribution in [2.45, 2.75) is 57.0 Å². The van der Waals surface area contributed by atoms with Gasteiger partial charge >= 0.3 is 6.09 Å². The highest BCUT2D eigenvalue weighted by Gasteiger charge is 2.36. The molecule has 1 aromatic rings. The average Bonchev–Trinajstić information content (AvgIpc) is 2.46. The van der Waals surface area contributed by atoms with E-state index in [1.807, 2.05) is 61.0 Å². The van der Waals surface area contributed by atoms with Crippen molar-refractivity contribution in [3.05, 3.63) is 23.8 Å². The first-order valence-electron chi connectivity index (χ1n) is 8.58. The maximum absolute atomic E-state index is 13.0. The Hall–Kier alpha value is -0.793. The van der Waals surface area contributed by atoms with E-state index in [-0.39, 0.29) is 16.4 Å². The van der Waals surface area contributed by atoms with Gasteiger partial charge in [0.1, 0.15) is 11.4 Å². The van der Waals surface area contributed by atoms with Crippen LogP contribution in [-0.4, -0.2) is 36.5 Å². The van der Waals surface area contributed by atoms with Gasteiger partial charge in [-0.25, -0.2) is 4.79 Å². The third kappa shape index (κ3) is 5.59. The molecule has 1 aliphatic rings. The summed E-state index contributed by atoms with van der Waals surface area (Å²) in [5, 5.41) is 10.0. The number of aromatic hydroxyl groups is 1. The Morgan fingerprint density at radius 2 is 1.84 bits per heavy atom. The lowest BCUT2D eigenvalue weighted by Gasteiger charge is -2.38. The quantitative estimate of drug-likeness (QED) is 0.647. The van der Waals surface area contributed by atoms with E-state index in [4.69, 9.17) is 4.74 Å². The monoisotopic (exact) mass is 399 g/mol. The molecule has 1 heterocycles. The molecule has 1 amide bonds. The highest BCUT2D eigenvalue weighted by Crippen LogP contribution is 2.48. The van der Waals surface area contributed by atoms with Gasteiger partial charge in [0.05, 0.1) is 4.58 Å². The molecule has 0 atom stereocenters. The lowest BCUT2D eigenvalue weighted by Crippen LogP contribution is -2.52. The van der Waals surface area contributed by atoms with Gasteiger partial charge in [0, 0.05) is 11.3 Å². The van der Waals surface area contributed by atoms with Crippen LogP contribution in [0, 0.1) is 0 Å². The third-order valence-electron chi connectivity index (χ3n) is 3.58. The standard InChI is InChI=1S/C18H29NO3S2Si/c1-18(2,3)22-17(21)19(25(4,5)6)15-9-8-13(20)12-14(15)16-23-10-7-11-24-16/h8-9,12,16,20H,7,10-11H2,1-6H3. The Balaban J connectivity index is 2.48. The molecule has 1 saturated heterocycles. The minimum atomic E-state index is -2.04. The van der Waals surface area contributed by atoms with Gasteiger partial charge < -0.3 is 14.4 Å². The number of ether oxygens (including phenoxy) is 1. The normalized spacial score (nSPS) is 16.6. The maximum Gasteiger partial charge on any atom is 0.406 e. The second-order valence-corrected chi connectivity index (χ2v) is 15.7. The fraction of sp³-hybridized carbons (Fsp3) is 0.611.